The van der Waals surface area contributed by atoms with E-state index in [2.05, 4.69) is 34.3 Å². The predicted octanol–water partition coefficient (Wildman–Crippen LogP) is 2.90. The molecule has 0 amide bonds. The Morgan fingerprint density at radius 3 is 2.75 bits per heavy atom. The van der Waals surface area contributed by atoms with E-state index >= 15 is 0 Å². The Morgan fingerprint density at radius 2 is 1.96 bits per heavy atom. The van der Waals surface area contributed by atoms with Crippen LogP contribution in [0.25, 0.3) is 22.1 Å². The third-order valence-corrected chi connectivity index (χ3v) is 5.12. The summed E-state index contributed by atoms with van der Waals surface area (Å²) in [7, 11) is 4.26. The third-order valence-electron chi connectivity index (χ3n) is 5.12. The number of furan rings is 1. The van der Waals surface area contributed by atoms with Crippen molar-refractivity contribution < 1.29 is 9.15 Å². The second-order valence-electron chi connectivity index (χ2n) is 6.58. The van der Waals surface area contributed by atoms with Gasteiger partial charge in [0.05, 0.1) is 0 Å². The van der Waals surface area contributed by atoms with Crippen LogP contribution >= 0.6 is 0 Å². The van der Waals surface area contributed by atoms with E-state index in [1.807, 2.05) is 24.3 Å². The van der Waals surface area contributed by atoms with Crippen molar-refractivity contribution in [1.82, 2.24) is 14.9 Å². The predicted molar refractivity (Wildman–Crippen MR) is 94.3 cm³/mol. The van der Waals surface area contributed by atoms with Crippen molar-refractivity contribution in [2.45, 2.75) is 18.4 Å². The molecule has 1 aliphatic heterocycles. The van der Waals surface area contributed by atoms with Gasteiger partial charge in [0, 0.05) is 30.7 Å². The lowest BCUT2D eigenvalue weighted by molar-refractivity contribution is -0.000657. The number of fused-ring (bicyclic) bond motifs is 3. The van der Waals surface area contributed by atoms with Crippen molar-refractivity contribution in [3.63, 3.8) is 0 Å². The molecule has 1 aromatic carbocycles. The Hall–Kier alpha value is -2.18. The Morgan fingerprint density at radius 1 is 1.17 bits per heavy atom. The van der Waals surface area contributed by atoms with E-state index in [1.54, 1.807) is 6.33 Å². The number of para-hydroxylation sites is 1. The lowest BCUT2D eigenvalue weighted by Gasteiger charge is -2.42. The number of anilines is 1. The first-order chi connectivity index (χ1) is 11.7. The number of hydrogen-bond donors (Lipinski definition) is 1. The SMILES string of the molecule is CN(C)C1(CNc2ncnc3c2oc2ccccc23)CCOCC1. The molecule has 0 radical (unpaired) electrons. The molecule has 2 aromatic heterocycles. The summed E-state index contributed by atoms with van der Waals surface area (Å²) in [5, 5.41) is 4.52. The van der Waals surface area contributed by atoms with Crippen molar-refractivity contribution in [2.24, 2.45) is 0 Å². The van der Waals surface area contributed by atoms with Gasteiger partial charge < -0.3 is 19.4 Å². The van der Waals surface area contributed by atoms with Gasteiger partial charge in [-0.25, -0.2) is 9.97 Å². The first kappa shape index (κ1) is 15.4. The van der Waals surface area contributed by atoms with Gasteiger partial charge in [-0.2, -0.15) is 0 Å². The number of likely N-dealkylation sites (N-methyl/N-ethyl adjacent to an activating group) is 1. The summed E-state index contributed by atoms with van der Waals surface area (Å²) in [6.45, 7) is 2.39. The highest BCUT2D eigenvalue weighted by molar-refractivity contribution is 6.05. The van der Waals surface area contributed by atoms with Gasteiger partial charge >= 0.3 is 0 Å². The van der Waals surface area contributed by atoms with E-state index in [4.69, 9.17) is 9.15 Å². The number of benzene rings is 1. The topological polar surface area (TPSA) is 63.4 Å². The summed E-state index contributed by atoms with van der Waals surface area (Å²) < 4.78 is 11.5. The zero-order chi connectivity index (χ0) is 16.6. The van der Waals surface area contributed by atoms with Gasteiger partial charge in [0.2, 0.25) is 0 Å². The maximum absolute atomic E-state index is 5.99. The molecule has 0 atom stereocenters. The standard InChI is InChI=1S/C18H22N4O2/c1-22(2)18(7-9-23-10-8-18)11-19-17-16-15(20-12-21-17)13-5-3-4-6-14(13)24-16/h3-6,12H,7-11H2,1-2H3,(H,19,20,21). The zero-order valence-corrected chi connectivity index (χ0v) is 14.1. The van der Waals surface area contributed by atoms with Crippen molar-refractivity contribution in [2.75, 3.05) is 39.2 Å². The van der Waals surface area contributed by atoms with Crippen LogP contribution < -0.4 is 5.32 Å². The number of ether oxygens (including phenoxy) is 1. The second kappa shape index (κ2) is 6.03. The highest BCUT2D eigenvalue weighted by atomic mass is 16.5. The maximum atomic E-state index is 5.99. The monoisotopic (exact) mass is 326 g/mol. The van der Waals surface area contributed by atoms with E-state index < -0.39 is 0 Å². The molecule has 24 heavy (non-hydrogen) atoms. The summed E-state index contributed by atoms with van der Waals surface area (Å²) in [4.78, 5) is 11.1. The molecule has 126 valence electrons. The fourth-order valence-corrected chi connectivity index (χ4v) is 3.43. The number of aromatic nitrogens is 2. The van der Waals surface area contributed by atoms with Crippen LogP contribution in [-0.4, -0.2) is 54.3 Å². The number of hydrogen-bond acceptors (Lipinski definition) is 6. The molecule has 3 aromatic rings. The molecule has 1 fully saturated rings. The van der Waals surface area contributed by atoms with Crippen LogP contribution in [0.1, 0.15) is 12.8 Å². The summed E-state index contributed by atoms with van der Waals surface area (Å²) >= 11 is 0. The van der Waals surface area contributed by atoms with Gasteiger partial charge in [-0.05, 0) is 39.1 Å². The van der Waals surface area contributed by atoms with Gasteiger partial charge in [0.1, 0.15) is 17.4 Å². The Kier molecular flexibility index (Phi) is 3.86. The summed E-state index contributed by atoms with van der Waals surface area (Å²) in [5.74, 6) is 0.754. The van der Waals surface area contributed by atoms with Crippen LogP contribution in [-0.2, 0) is 4.74 Å². The molecule has 0 aliphatic carbocycles. The fourth-order valence-electron chi connectivity index (χ4n) is 3.43. The molecule has 0 bridgehead atoms. The molecule has 3 heterocycles. The number of nitrogens with zero attached hydrogens (tertiary/aromatic N) is 3. The summed E-state index contributed by atoms with van der Waals surface area (Å²) in [6.07, 6.45) is 3.60. The molecule has 1 aliphatic rings. The van der Waals surface area contributed by atoms with Crippen molar-refractivity contribution in [3.8, 4) is 0 Å². The Labute approximate surface area is 140 Å². The van der Waals surface area contributed by atoms with Crippen molar-refractivity contribution in [1.29, 1.82) is 0 Å². The maximum Gasteiger partial charge on any atom is 0.196 e. The fraction of sp³-hybridized carbons (Fsp3) is 0.444. The minimum atomic E-state index is 0.0710. The van der Waals surface area contributed by atoms with Crippen LogP contribution in [0.2, 0.25) is 0 Å². The van der Waals surface area contributed by atoms with Crippen LogP contribution in [0.3, 0.4) is 0 Å². The Balaban J connectivity index is 1.67. The van der Waals surface area contributed by atoms with E-state index in [9.17, 15) is 0 Å². The van der Waals surface area contributed by atoms with E-state index in [0.29, 0.717) is 0 Å². The van der Waals surface area contributed by atoms with Gasteiger partial charge in [-0.15, -0.1) is 0 Å². The second-order valence-corrected chi connectivity index (χ2v) is 6.58. The molecule has 4 rings (SSSR count). The van der Waals surface area contributed by atoms with Gasteiger partial charge in [-0.1, -0.05) is 12.1 Å². The third kappa shape index (κ3) is 2.52. The van der Waals surface area contributed by atoms with E-state index in [-0.39, 0.29) is 5.54 Å². The number of rotatable bonds is 4. The summed E-state index contributed by atoms with van der Waals surface area (Å²) in [5.41, 5.74) is 2.49. The first-order valence-corrected chi connectivity index (χ1v) is 8.31. The van der Waals surface area contributed by atoms with Gasteiger partial charge in [0.25, 0.3) is 0 Å². The van der Waals surface area contributed by atoms with Crippen molar-refractivity contribution >= 4 is 27.9 Å². The average molecular weight is 326 g/mol. The molecule has 0 spiro atoms. The van der Waals surface area contributed by atoms with Crippen LogP contribution in [0, 0.1) is 0 Å². The molecule has 6 heteroatoms. The molecular weight excluding hydrogens is 304 g/mol. The lowest BCUT2D eigenvalue weighted by atomic mass is 9.88. The lowest BCUT2D eigenvalue weighted by Crippen LogP contribution is -2.53. The molecule has 1 N–H and O–H groups in total. The normalized spacial score (nSPS) is 17.6. The first-order valence-electron chi connectivity index (χ1n) is 8.31. The Bertz CT molecular complexity index is 852. The summed E-state index contributed by atoms with van der Waals surface area (Å²) in [6, 6.07) is 7.95. The van der Waals surface area contributed by atoms with E-state index in [0.717, 1.165) is 60.5 Å². The molecule has 0 saturated carbocycles. The number of nitrogens with one attached hydrogen (secondary N) is 1. The molecular formula is C18H22N4O2. The molecule has 0 unspecified atom stereocenters. The van der Waals surface area contributed by atoms with Gasteiger partial charge in [-0.3, -0.25) is 0 Å². The van der Waals surface area contributed by atoms with E-state index in [1.165, 1.54) is 0 Å². The van der Waals surface area contributed by atoms with Crippen LogP contribution in [0.15, 0.2) is 35.0 Å². The van der Waals surface area contributed by atoms with Crippen LogP contribution in [0.4, 0.5) is 5.82 Å². The minimum Gasteiger partial charge on any atom is -0.450 e. The van der Waals surface area contributed by atoms with Crippen molar-refractivity contribution in [3.05, 3.63) is 30.6 Å². The average Bonchev–Trinajstić information content (AvgIpc) is 3.00. The molecule has 1 saturated heterocycles. The minimum absolute atomic E-state index is 0.0710. The highest BCUT2D eigenvalue weighted by Gasteiger charge is 2.35. The largest absolute Gasteiger partial charge is 0.450 e. The quantitative estimate of drug-likeness (QED) is 0.795. The highest BCUT2D eigenvalue weighted by Crippen LogP contribution is 2.32. The molecule has 6 nitrogen and oxygen atoms in total. The van der Waals surface area contributed by atoms with Crippen LogP contribution in [0.5, 0.6) is 0 Å². The zero-order valence-electron chi connectivity index (χ0n) is 14.1. The van der Waals surface area contributed by atoms with Gasteiger partial charge in [0.15, 0.2) is 11.4 Å². The smallest absolute Gasteiger partial charge is 0.196 e.